The van der Waals surface area contributed by atoms with Crippen molar-refractivity contribution in [2.75, 3.05) is 11.1 Å². The summed E-state index contributed by atoms with van der Waals surface area (Å²) in [5, 5.41) is 12.3. The molecule has 0 radical (unpaired) electrons. The predicted octanol–water partition coefficient (Wildman–Crippen LogP) is 5.72. The largest absolute Gasteiger partial charge is 0.481 e. The number of halogens is 3. The molecule has 3 rings (SSSR count). The van der Waals surface area contributed by atoms with Crippen molar-refractivity contribution in [1.29, 1.82) is 0 Å². The van der Waals surface area contributed by atoms with Gasteiger partial charge in [0.15, 0.2) is 17.1 Å². The lowest BCUT2D eigenvalue weighted by Gasteiger charge is -2.16. The topological polar surface area (TPSA) is 69.0 Å². The first-order valence-electron chi connectivity index (χ1n) is 9.11. The van der Waals surface area contributed by atoms with Crippen molar-refractivity contribution >= 4 is 50.9 Å². The number of carbonyl (C=O) groups excluding carboxylic acids is 1. The molecule has 0 aliphatic rings. The third-order valence-electron chi connectivity index (χ3n) is 4.10. The lowest BCUT2D eigenvalue weighted by atomic mass is 10.3. The van der Waals surface area contributed by atoms with E-state index in [1.54, 1.807) is 12.1 Å². The minimum Gasteiger partial charge on any atom is -0.481 e. The third-order valence-corrected chi connectivity index (χ3v) is 6.04. The molecule has 0 saturated heterocycles. The van der Waals surface area contributed by atoms with Crippen LogP contribution in [0.25, 0.3) is 0 Å². The summed E-state index contributed by atoms with van der Waals surface area (Å²) in [6.45, 7) is 4.45. The summed E-state index contributed by atoms with van der Waals surface area (Å²) >= 11 is 10.7. The van der Waals surface area contributed by atoms with Crippen molar-refractivity contribution in [3.05, 3.63) is 63.6 Å². The molecule has 6 nitrogen and oxygen atoms in total. The van der Waals surface area contributed by atoms with E-state index in [1.165, 1.54) is 30.0 Å². The second kappa shape index (κ2) is 10.3. The summed E-state index contributed by atoms with van der Waals surface area (Å²) in [5.41, 5.74) is 0.501. The Morgan fingerprint density at radius 1 is 1.33 bits per heavy atom. The molecular formula is C20H19BrClFN4O2S. The first-order valence-corrected chi connectivity index (χ1v) is 11.3. The van der Waals surface area contributed by atoms with Crippen LogP contribution in [0.5, 0.6) is 5.75 Å². The van der Waals surface area contributed by atoms with Crippen LogP contribution in [0.2, 0.25) is 5.02 Å². The van der Waals surface area contributed by atoms with Crippen molar-refractivity contribution in [1.82, 2.24) is 14.8 Å². The zero-order chi connectivity index (χ0) is 21.7. The van der Waals surface area contributed by atoms with E-state index >= 15 is 0 Å². The van der Waals surface area contributed by atoms with Gasteiger partial charge in [0.1, 0.15) is 11.6 Å². The first-order chi connectivity index (χ1) is 14.4. The number of hydrogen-bond donors (Lipinski definition) is 1. The van der Waals surface area contributed by atoms with E-state index in [0.717, 1.165) is 0 Å². The molecule has 10 heteroatoms. The van der Waals surface area contributed by atoms with Gasteiger partial charge in [0.05, 0.1) is 16.5 Å². The molecule has 1 unspecified atom stereocenters. The van der Waals surface area contributed by atoms with E-state index in [0.29, 0.717) is 38.5 Å². The molecule has 0 saturated carbocycles. The maximum Gasteiger partial charge on any atom is 0.234 e. The number of para-hydroxylation sites is 1. The molecule has 0 bridgehead atoms. The van der Waals surface area contributed by atoms with Gasteiger partial charge in [-0.15, -0.1) is 10.2 Å². The lowest BCUT2D eigenvalue weighted by molar-refractivity contribution is -0.113. The highest BCUT2D eigenvalue weighted by atomic mass is 79.9. The first kappa shape index (κ1) is 22.6. The summed E-state index contributed by atoms with van der Waals surface area (Å²) in [6.07, 6.45) is -0.379. The highest BCUT2D eigenvalue weighted by molar-refractivity contribution is 9.10. The minimum atomic E-state index is -0.383. The molecule has 30 heavy (non-hydrogen) atoms. The average molecular weight is 514 g/mol. The zero-order valence-electron chi connectivity index (χ0n) is 16.2. The number of rotatable bonds is 8. The Bertz CT molecular complexity index is 1050. The lowest BCUT2D eigenvalue weighted by Crippen LogP contribution is -2.15. The third kappa shape index (κ3) is 5.53. The fraction of sp³-hybridized carbons (Fsp3) is 0.250. The predicted molar refractivity (Wildman–Crippen MR) is 120 cm³/mol. The van der Waals surface area contributed by atoms with E-state index in [9.17, 15) is 9.18 Å². The maximum atomic E-state index is 13.2. The Kier molecular flexibility index (Phi) is 7.74. The second-order valence-electron chi connectivity index (χ2n) is 6.24. The van der Waals surface area contributed by atoms with Crippen LogP contribution in [-0.2, 0) is 11.3 Å². The molecule has 0 fully saturated rings. The van der Waals surface area contributed by atoms with Crippen molar-refractivity contribution in [3.8, 4) is 5.75 Å². The van der Waals surface area contributed by atoms with Gasteiger partial charge in [0.2, 0.25) is 5.91 Å². The quantitative estimate of drug-likeness (QED) is 0.390. The molecule has 1 heterocycles. The van der Waals surface area contributed by atoms with Gasteiger partial charge < -0.3 is 14.6 Å². The number of anilines is 1. The van der Waals surface area contributed by atoms with E-state index < -0.39 is 0 Å². The second-order valence-corrected chi connectivity index (χ2v) is 8.44. The summed E-state index contributed by atoms with van der Waals surface area (Å²) in [7, 11) is 0. The smallest absolute Gasteiger partial charge is 0.234 e. The molecule has 1 N–H and O–H groups in total. The Morgan fingerprint density at radius 3 is 2.80 bits per heavy atom. The van der Waals surface area contributed by atoms with Crippen LogP contribution in [0.15, 0.2) is 52.1 Å². The number of nitrogens with one attached hydrogen (secondary N) is 1. The number of thioether (sulfide) groups is 1. The van der Waals surface area contributed by atoms with Crippen LogP contribution >= 0.6 is 39.3 Å². The van der Waals surface area contributed by atoms with Crippen molar-refractivity contribution in [3.63, 3.8) is 0 Å². The Morgan fingerprint density at radius 2 is 2.10 bits per heavy atom. The fourth-order valence-electron chi connectivity index (χ4n) is 2.70. The van der Waals surface area contributed by atoms with Gasteiger partial charge in [-0.3, -0.25) is 4.79 Å². The summed E-state index contributed by atoms with van der Waals surface area (Å²) in [5.74, 6) is 0.713. The van der Waals surface area contributed by atoms with Crippen molar-refractivity contribution in [2.45, 2.75) is 31.7 Å². The van der Waals surface area contributed by atoms with E-state index in [-0.39, 0.29) is 23.6 Å². The van der Waals surface area contributed by atoms with Gasteiger partial charge in [-0.05, 0) is 60.1 Å². The molecule has 0 spiro atoms. The van der Waals surface area contributed by atoms with E-state index in [1.807, 2.05) is 30.5 Å². The van der Waals surface area contributed by atoms with Crippen molar-refractivity contribution < 1.29 is 13.9 Å². The van der Waals surface area contributed by atoms with Gasteiger partial charge in [-0.1, -0.05) is 35.5 Å². The molecule has 3 aromatic rings. The number of ether oxygens (including phenoxy) is 1. The SMILES string of the molecule is CCn1c(SCC(=O)Nc2ccc(F)cc2Br)nnc1C(C)Oc1ccccc1Cl. The van der Waals surface area contributed by atoms with Gasteiger partial charge in [-0.25, -0.2) is 4.39 Å². The summed E-state index contributed by atoms with van der Waals surface area (Å²) < 4.78 is 21.5. The monoisotopic (exact) mass is 512 g/mol. The molecule has 1 aromatic heterocycles. The number of nitrogens with zero attached hydrogens (tertiary/aromatic N) is 3. The molecule has 0 aliphatic heterocycles. The highest BCUT2D eigenvalue weighted by Gasteiger charge is 2.20. The van der Waals surface area contributed by atoms with Gasteiger partial charge >= 0.3 is 0 Å². The normalized spacial score (nSPS) is 11.9. The Balaban J connectivity index is 1.65. The van der Waals surface area contributed by atoms with Gasteiger partial charge in [0, 0.05) is 11.0 Å². The number of benzene rings is 2. The number of amides is 1. The molecule has 1 amide bonds. The maximum absolute atomic E-state index is 13.2. The van der Waals surface area contributed by atoms with Crippen LogP contribution in [0.4, 0.5) is 10.1 Å². The van der Waals surface area contributed by atoms with Gasteiger partial charge in [-0.2, -0.15) is 0 Å². The van der Waals surface area contributed by atoms with E-state index in [4.69, 9.17) is 16.3 Å². The Labute approximate surface area is 191 Å². The highest BCUT2D eigenvalue weighted by Crippen LogP contribution is 2.29. The van der Waals surface area contributed by atoms with Crippen LogP contribution < -0.4 is 10.1 Å². The number of hydrogen-bond acceptors (Lipinski definition) is 5. The minimum absolute atomic E-state index is 0.127. The van der Waals surface area contributed by atoms with E-state index in [2.05, 4.69) is 31.4 Å². The number of carbonyl (C=O) groups is 1. The molecular weight excluding hydrogens is 495 g/mol. The summed E-state index contributed by atoms with van der Waals surface area (Å²) in [4.78, 5) is 12.3. The summed E-state index contributed by atoms with van der Waals surface area (Å²) in [6, 6.07) is 11.3. The zero-order valence-corrected chi connectivity index (χ0v) is 19.4. The molecule has 1 atom stereocenters. The Hall–Kier alpha value is -2.10. The molecule has 0 aliphatic carbocycles. The standard InChI is InChI=1S/C20H19BrClFN4O2S/c1-3-27-19(12(2)29-17-7-5-4-6-15(17)22)25-26-20(27)30-11-18(28)24-16-9-8-13(23)10-14(16)21/h4-10,12H,3,11H2,1-2H3,(H,24,28). The molecule has 2 aromatic carbocycles. The van der Waals surface area contributed by atoms with Crippen LogP contribution in [0.1, 0.15) is 25.8 Å². The number of aromatic nitrogens is 3. The average Bonchev–Trinajstić information content (AvgIpc) is 3.13. The van der Waals surface area contributed by atoms with Crippen molar-refractivity contribution in [2.24, 2.45) is 0 Å². The van der Waals surface area contributed by atoms with Crippen LogP contribution in [-0.4, -0.2) is 26.4 Å². The molecule has 158 valence electrons. The van der Waals surface area contributed by atoms with Crippen LogP contribution in [0.3, 0.4) is 0 Å². The van der Waals surface area contributed by atoms with Gasteiger partial charge in [0.25, 0.3) is 0 Å². The van der Waals surface area contributed by atoms with Crippen LogP contribution in [0, 0.1) is 5.82 Å². The fourth-order valence-corrected chi connectivity index (χ4v) is 4.14.